The summed E-state index contributed by atoms with van der Waals surface area (Å²) in [6.07, 6.45) is -3.00. The summed E-state index contributed by atoms with van der Waals surface area (Å²) in [5.41, 5.74) is 1.38. The lowest BCUT2D eigenvalue weighted by Crippen LogP contribution is -2.52. The van der Waals surface area contributed by atoms with E-state index in [1.807, 2.05) is 4.90 Å². The van der Waals surface area contributed by atoms with Gasteiger partial charge in [0.2, 0.25) is 0 Å². The minimum Gasteiger partial charge on any atom is -0.367 e. The van der Waals surface area contributed by atoms with Crippen LogP contribution in [0.2, 0.25) is 5.02 Å². The molecule has 2 saturated heterocycles. The molecule has 2 aliphatic heterocycles. The van der Waals surface area contributed by atoms with Gasteiger partial charge in [0.15, 0.2) is 0 Å². The van der Waals surface area contributed by atoms with Gasteiger partial charge in [-0.15, -0.1) is 0 Å². The molecule has 0 saturated carbocycles. The standard InChI is InChI=1S/C23H23ClF3N5O4/c24-17-14-16(4-6-18(17)30-9-11-31(12-10-30)22(34)23(25,26)27)28-21(33)15-3-5-19(20(13-15)32(35)36)29-7-1-2-8-29/h3-6,13-14H,1-2,7-12H2,(H,28,33). The lowest BCUT2D eigenvalue weighted by atomic mass is 10.1. The second-order valence-corrected chi connectivity index (χ2v) is 8.96. The maximum atomic E-state index is 12.8. The predicted molar refractivity (Wildman–Crippen MR) is 129 cm³/mol. The van der Waals surface area contributed by atoms with Gasteiger partial charge in [-0.25, -0.2) is 0 Å². The van der Waals surface area contributed by atoms with Crippen molar-refractivity contribution in [2.75, 3.05) is 54.4 Å². The van der Waals surface area contributed by atoms with Gasteiger partial charge in [-0.1, -0.05) is 11.6 Å². The Hall–Kier alpha value is -3.54. The first-order valence-corrected chi connectivity index (χ1v) is 11.7. The highest BCUT2D eigenvalue weighted by molar-refractivity contribution is 6.33. The van der Waals surface area contributed by atoms with Crippen molar-refractivity contribution in [3.63, 3.8) is 0 Å². The summed E-state index contributed by atoms with van der Waals surface area (Å²) in [6.45, 7) is 1.59. The molecule has 2 aromatic rings. The number of nitro benzene ring substituents is 1. The Kier molecular flexibility index (Phi) is 7.25. The molecule has 0 aromatic heterocycles. The molecule has 2 aliphatic rings. The number of anilines is 3. The number of hydrogen-bond acceptors (Lipinski definition) is 6. The van der Waals surface area contributed by atoms with Crippen LogP contribution in [0.5, 0.6) is 0 Å². The van der Waals surface area contributed by atoms with Gasteiger partial charge < -0.3 is 20.0 Å². The van der Waals surface area contributed by atoms with Crippen molar-refractivity contribution in [2.45, 2.75) is 19.0 Å². The van der Waals surface area contributed by atoms with Crippen molar-refractivity contribution in [2.24, 2.45) is 0 Å². The number of halogens is 4. The molecular weight excluding hydrogens is 503 g/mol. The van der Waals surface area contributed by atoms with Gasteiger partial charge in [-0.05, 0) is 43.2 Å². The topological polar surface area (TPSA) is 99.0 Å². The average molecular weight is 526 g/mol. The van der Waals surface area contributed by atoms with E-state index < -0.39 is 22.9 Å². The number of carbonyl (C=O) groups is 2. The monoisotopic (exact) mass is 525 g/mol. The summed E-state index contributed by atoms with van der Waals surface area (Å²) in [4.78, 5) is 39.7. The van der Waals surface area contributed by atoms with Crippen LogP contribution in [0.25, 0.3) is 0 Å². The minimum atomic E-state index is -4.91. The van der Waals surface area contributed by atoms with Gasteiger partial charge in [-0.2, -0.15) is 13.2 Å². The largest absolute Gasteiger partial charge is 0.471 e. The van der Waals surface area contributed by atoms with Crippen LogP contribution in [0.3, 0.4) is 0 Å². The number of benzene rings is 2. The molecule has 1 N–H and O–H groups in total. The van der Waals surface area contributed by atoms with Crippen LogP contribution in [-0.4, -0.2) is 67.1 Å². The zero-order valence-corrected chi connectivity index (χ0v) is 19.8. The molecule has 2 aromatic carbocycles. The minimum absolute atomic E-state index is 0.0979. The Labute approximate surface area is 209 Å². The zero-order chi connectivity index (χ0) is 26.0. The Morgan fingerprint density at radius 3 is 2.11 bits per heavy atom. The highest BCUT2D eigenvalue weighted by atomic mass is 35.5. The van der Waals surface area contributed by atoms with Crippen molar-refractivity contribution in [3.05, 3.63) is 57.1 Å². The van der Waals surface area contributed by atoms with Gasteiger partial charge in [0.1, 0.15) is 5.69 Å². The summed E-state index contributed by atoms with van der Waals surface area (Å²) in [6, 6.07) is 9.07. The molecular formula is C23H23ClF3N5O4. The number of hydrogen-bond donors (Lipinski definition) is 1. The van der Waals surface area contributed by atoms with Crippen LogP contribution < -0.4 is 15.1 Å². The van der Waals surface area contributed by atoms with Gasteiger partial charge in [0.25, 0.3) is 11.6 Å². The van der Waals surface area contributed by atoms with Crippen molar-refractivity contribution >= 4 is 46.2 Å². The van der Waals surface area contributed by atoms with E-state index in [9.17, 15) is 32.9 Å². The molecule has 2 heterocycles. The smallest absolute Gasteiger partial charge is 0.367 e. The molecule has 0 radical (unpaired) electrons. The fourth-order valence-corrected chi connectivity index (χ4v) is 4.71. The zero-order valence-electron chi connectivity index (χ0n) is 19.1. The third kappa shape index (κ3) is 5.48. The van der Waals surface area contributed by atoms with Crippen molar-refractivity contribution in [3.8, 4) is 0 Å². The highest BCUT2D eigenvalue weighted by Gasteiger charge is 2.43. The number of piperazine rings is 1. The number of nitrogens with zero attached hydrogens (tertiary/aromatic N) is 4. The van der Waals surface area contributed by atoms with Gasteiger partial charge in [-0.3, -0.25) is 19.7 Å². The Bertz CT molecular complexity index is 1180. The third-order valence-electron chi connectivity index (χ3n) is 6.24. The van der Waals surface area contributed by atoms with Crippen LogP contribution in [0.15, 0.2) is 36.4 Å². The molecule has 2 amide bonds. The van der Waals surface area contributed by atoms with E-state index in [1.54, 1.807) is 23.1 Å². The molecule has 0 aliphatic carbocycles. The number of rotatable bonds is 5. The van der Waals surface area contributed by atoms with E-state index in [0.29, 0.717) is 17.1 Å². The molecule has 9 nitrogen and oxygen atoms in total. The fourth-order valence-electron chi connectivity index (χ4n) is 4.41. The average Bonchev–Trinajstić information content (AvgIpc) is 3.38. The molecule has 4 rings (SSSR count). The molecule has 0 unspecified atom stereocenters. The molecule has 0 atom stereocenters. The van der Waals surface area contributed by atoms with E-state index in [4.69, 9.17) is 11.6 Å². The first-order valence-electron chi connectivity index (χ1n) is 11.3. The van der Waals surface area contributed by atoms with Gasteiger partial charge >= 0.3 is 12.1 Å². The van der Waals surface area contributed by atoms with Crippen LogP contribution >= 0.6 is 11.6 Å². The molecule has 0 spiro atoms. The van der Waals surface area contributed by atoms with E-state index in [-0.39, 0.29) is 42.5 Å². The first kappa shape index (κ1) is 25.5. The number of nitro groups is 1. The molecule has 13 heteroatoms. The normalized spacial score (nSPS) is 16.3. The number of alkyl halides is 3. The van der Waals surface area contributed by atoms with Crippen LogP contribution in [-0.2, 0) is 4.79 Å². The van der Waals surface area contributed by atoms with Crippen molar-refractivity contribution in [1.29, 1.82) is 0 Å². The molecule has 0 bridgehead atoms. The Balaban J connectivity index is 1.43. The van der Waals surface area contributed by atoms with Crippen molar-refractivity contribution < 1.29 is 27.7 Å². The fraction of sp³-hybridized carbons (Fsp3) is 0.391. The first-order chi connectivity index (χ1) is 17.0. The van der Waals surface area contributed by atoms with E-state index in [0.717, 1.165) is 30.8 Å². The number of amides is 2. The number of nitrogens with one attached hydrogen (secondary N) is 1. The van der Waals surface area contributed by atoms with Crippen LogP contribution in [0, 0.1) is 10.1 Å². The lowest BCUT2D eigenvalue weighted by Gasteiger charge is -2.36. The maximum absolute atomic E-state index is 12.8. The van der Waals surface area contributed by atoms with E-state index in [1.165, 1.54) is 18.2 Å². The summed E-state index contributed by atoms with van der Waals surface area (Å²) < 4.78 is 37.9. The maximum Gasteiger partial charge on any atom is 0.471 e. The summed E-state index contributed by atoms with van der Waals surface area (Å²) in [5, 5.41) is 14.5. The van der Waals surface area contributed by atoms with Gasteiger partial charge in [0.05, 0.1) is 15.6 Å². The quantitative estimate of drug-likeness (QED) is 0.461. The summed E-state index contributed by atoms with van der Waals surface area (Å²) in [7, 11) is 0. The van der Waals surface area contributed by atoms with E-state index in [2.05, 4.69) is 5.32 Å². The van der Waals surface area contributed by atoms with Crippen LogP contribution in [0.1, 0.15) is 23.2 Å². The lowest BCUT2D eigenvalue weighted by molar-refractivity contribution is -0.384. The van der Waals surface area contributed by atoms with Crippen molar-refractivity contribution in [1.82, 2.24) is 4.90 Å². The second-order valence-electron chi connectivity index (χ2n) is 8.55. The molecule has 2 fully saturated rings. The SMILES string of the molecule is O=C(Nc1ccc(N2CCN(C(=O)C(F)(F)F)CC2)c(Cl)c1)c1ccc(N2CCCC2)c([N+](=O)[O-])c1. The molecule has 192 valence electrons. The predicted octanol–water partition coefficient (Wildman–Crippen LogP) is 4.31. The second kappa shape index (κ2) is 10.2. The summed E-state index contributed by atoms with van der Waals surface area (Å²) in [5.74, 6) is -2.41. The molecule has 36 heavy (non-hydrogen) atoms. The third-order valence-corrected chi connectivity index (χ3v) is 6.54. The highest BCUT2D eigenvalue weighted by Crippen LogP contribution is 2.33. The Morgan fingerprint density at radius 1 is 0.917 bits per heavy atom. The Morgan fingerprint density at radius 2 is 1.53 bits per heavy atom. The van der Waals surface area contributed by atoms with Crippen LogP contribution in [0.4, 0.5) is 35.9 Å². The summed E-state index contributed by atoms with van der Waals surface area (Å²) >= 11 is 6.38. The number of carbonyl (C=O) groups excluding carboxylic acids is 2. The van der Waals surface area contributed by atoms with Gasteiger partial charge in [0, 0.05) is 56.6 Å². The van der Waals surface area contributed by atoms with E-state index >= 15 is 0 Å².